The monoisotopic (exact) mass is 324 g/mol. The van der Waals surface area contributed by atoms with E-state index in [4.69, 9.17) is 10.5 Å². The lowest BCUT2D eigenvalue weighted by Gasteiger charge is -2.23. The van der Waals surface area contributed by atoms with E-state index in [1.54, 1.807) is 24.3 Å². The van der Waals surface area contributed by atoms with Crippen molar-refractivity contribution >= 4 is 17.7 Å². The molecule has 0 aliphatic carbocycles. The number of amides is 3. The number of carbonyl (C=O) groups is 3. The normalized spacial score (nSPS) is 14.6. The van der Waals surface area contributed by atoms with Gasteiger partial charge >= 0.3 is 0 Å². The molecule has 6 nitrogen and oxygen atoms in total. The van der Waals surface area contributed by atoms with Gasteiger partial charge in [0.2, 0.25) is 5.91 Å². The lowest BCUT2D eigenvalue weighted by atomic mass is 10.1. The number of imide groups is 1. The van der Waals surface area contributed by atoms with E-state index in [0.29, 0.717) is 0 Å². The van der Waals surface area contributed by atoms with Gasteiger partial charge in [0.25, 0.3) is 11.8 Å². The van der Waals surface area contributed by atoms with Crippen LogP contribution < -0.4 is 5.73 Å². The SMILES string of the molecule is NC(=O)[C@H](COCc1ccccc1)N1C(=O)c2ccccc2C1=O. The first kappa shape index (κ1) is 15.9. The molecule has 0 bridgehead atoms. The van der Waals surface area contributed by atoms with Gasteiger partial charge in [-0.15, -0.1) is 0 Å². The van der Waals surface area contributed by atoms with Gasteiger partial charge in [0.1, 0.15) is 6.04 Å². The summed E-state index contributed by atoms with van der Waals surface area (Å²) < 4.78 is 5.50. The van der Waals surface area contributed by atoms with Crippen LogP contribution in [0.3, 0.4) is 0 Å². The minimum absolute atomic E-state index is 0.143. The Morgan fingerprint density at radius 3 is 2.04 bits per heavy atom. The van der Waals surface area contributed by atoms with Gasteiger partial charge in [-0.05, 0) is 17.7 Å². The summed E-state index contributed by atoms with van der Waals surface area (Å²) in [5, 5.41) is 0. The van der Waals surface area contributed by atoms with Gasteiger partial charge in [0, 0.05) is 0 Å². The molecule has 2 N–H and O–H groups in total. The molecule has 0 radical (unpaired) electrons. The largest absolute Gasteiger partial charge is 0.374 e. The van der Waals surface area contributed by atoms with Crippen LogP contribution in [-0.2, 0) is 16.1 Å². The fourth-order valence-corrected chi connectivity index (χ4v) is 2.64. The summed E-state index contributed by atoms with van der Waals surface area (Å²) in [6.07, 6.45) is 0. The predicted molar refractivity (Wildman–Crippen MR) is 86.0 cm³/mol. The van der Waals surface area contributed by atoms with Crippen LogP contribution in [0.2, 0.25) is 0 Å². The average molecular weight is 324 g/mol. The number of primary amides is 1. The summed E-state index contributed by atoms with van der Waals surface area (Å²) in [6, 6.07) is 14.7. The molecule has 0 saturated heterocycles. The highest BCUT2D eigenvalue weighted by Crippen LogP contribution is 2.24. The van der Waals surface area contributed by atoms with Crippen LogP contribution in [0.4, 0.5) is 0 Å². The van der Waals surface area contributed by atoms with Gasteiger partial charge in [-0.25, -0.2) is 0 Å². The van der Waals surface area contributed by atoms with Crippen LogP contribution in [0.1, 0.15) is 26.3 Å². The van der Waals surface area contributed by atoms with E-state index in [9.17, 15) is 14.4 Å². The Bertz CT molecular complexity index is 754. The minimum Gasteiger partial charge on any atom is -0.374 e. The van der Waals surface area contributed by atoms with Gasteiger partial charge in [0.05, 0.1) is 24.3 Å². The molecule has 3 rings (SSSR count). The van der Waals surface area contributed by atoms with E-state index in [1.807, 2.05) is 30.3 Å². The Hall–Kier alpha value is -2.99. The van der Waals surface area contributed by atoms with Crippen molar-refractivity contribution < 1.29 is 19.1 Å². The van der Waals surface area contributed by atoms with Crippen molar-refractivity contribution in [1.82, 2.24) is 4.90 Å². The third kappa shape index (κ3) is 2.91. The lowest BCUT2D eigenvalue weighted by molar-refractivity contribution is -0.123. The van der Waals surface area contributed by atoms with Crippen LogP contribution in [0.25, 0.3) is 0 Å². The Kier molecular flexibility index (Phi) is 4.39. The summed E-state index contributed by atoms with van der Waals surface area (Å²) in [4.78, 5) is 37.5. The van der Waals surface area contributed by atoms with E-state index >= 15 is 0 Å². The van der Waals surface area contributed by atoms with Crippen molar-refractivity contribution in [2.75, 3.05) is 6.61 Å². The molecule has 122 valence electrons. The molecule has 0 fully saturated rings. The second-order valence-corrected chi connectivity index (χ2v) is 5.44. The van der Waals surface area contributed by atoms with Crippen molar-refractivity contribution in [2.45, 2.75) is 12.6 Å². The molecule has 0 spiro atoms. The number of carbonyl (C=O) groups excluding carboxylic acids is 3. The standard InChI is InChI=1S/C18H16N2O4/c19-16(21)15(11-24-10-12-6-2-1-3-7-12)20-17(22)13-8-4-5-9-14(13)18(20)23/h1-9,15H,10-11H2,(H2,19,21)/t15-/m0/s1. The second kappa shape index (κ2) is 6.64. The third-order valence-electron chi connectivity index (χ3n) is 3.85. The van der Waals surface area contributed by atoms with Crippen LogP contribution in [0, 0.1) is 0 Å². The number of ether oxygens (including phenoxy) is 1. The van der Waals surface area contributed by atoms with Crippen LogP contribution in [0.5, 0.6) is 0 Å². The molecule has 0 aromatic heterocycles. The number of hydrogen-bond donors (Lipinski definition) is 1. The van der Waals surface area contributed by atoms with E-state index < -0.39 is 23.8 Å². The maximum atomic E-state index is 12.4. The summed E-state index contributed by atoms with van der Waals surface area (Å²) in [7, 11) is 0. The van der Waals surface area contributed by atoms with Crippen LogP contribution in [0.15, 0.2) is 54.6 Å². The van der Waals surface area contributed by atoms with Crippen molar-refractivity contribution in [1.29, 1.82) is 0 Å². The first-order valence-electron chi connectivity index (χ1n) is 7.47. The average Bonchev–Trinajstić information content (AvgIpc) is 2.84. The molecule has 1 aliphatic heterocycles. The van der Waals surface area contributed by atoms with E-state index in [-0.39, 0.29) is 24.3 Å². The van der Waals surface area contributed by atoms with Gasteiger partial charge in [-0.2, -0.15) is 0 Å². The Balaban J connectivity index is 1.74. The highest BCUT2D eigenvalue weighted by molar-refractivity contribution is 6.22. The molecule has 2 aromatic carbocycles. The number of rotatable bonds is 6. The molecule has 0 unspecified atom stereocenters. The maximum absolute atomic E-state index is 12.4. The van der Waals surface area contributed by atoms with Crippen molar-refractivity contribution in [2.24, 2.45) is 5.73 Å². The number of hydrogen-bond acceptors (Lipinski definition) is 4. The topological polar surface area (TPSA) is 89.7 Å². The molecular formula is C18H16N2O4. The molecule has 1 aliphatic rings. The van der Waals surface area contributed by atoms with Crippen molar-refractivity contribution in [3.63, 3.8) is 0 Å². The summed E-state index contributed by atoms with van der Waals surface area (Å²) in [6.45, 7) is 0.115. The molecule has 2 aromatic rings. The van der Waals surface area contributed by atoms with E-state index in [2.05, 4.69) is 0 Å². The van der Waals surface area contributed by atoms with Crippen LogP contribution in [-0.4, -0.2) is 35.3 Å². The molecule has 3 amide bonds. The highest BCUT2D eigenvalue weighted by atomic mass is 16.5. The number of fused-ring (bicyclic) bond motifs is 1. The summed E-state index contributed by atoms with van der Waals surface area (Å²) in [5.41, 5.74) is 6.86. The quantitative estimate of drug-likeness (QED) is 0.812. The fraction of sp³-hybridized carbons (Fsp3) is 0.167. The van der Waals surface area contributed by atoms with Crippen molar-refractivity contribution in [3.8, 4) is 0 Å². The Morgan fingerprint density at radius 1 is 0.958 bits per heavy atom. The molecule has 0 saturated carbocycles. The zero-order valence-electron chi connectivity index (χ0n) is 12.8. The van der Waals surface area contributed by atoms with Gasteiger partial charge in [-0.3, -0.25) is 19.3 Å². The zero-order valence-corrected chi connectivity index (χ0v) is 12.8. The smallest absolute Gasteiger partial charge is 0.262 e. The van der Waals surface area contributed by atoms with Crippen LogP contribution >= 0.6 is 0 Å². The molecule has 6 heteroatoms. The maximum Gasteiger partial charge on any atom is 0.262 e. The zero-order chi connectivity index (χ0) is 17.1. The van der Waals surface area contributed by atoms with Crippen molar-refractivity contribution in [3.05, 3.63) is 71.3 Å². The predicted octanol–water partition coefficient (Wildman–Crippen LogP) is 1.35. The number of nitrogens with two attached hydrogens (primary N) is 1. The first-order chi connectivity index (χ1) is 11.6. The second-order valence-electron chi connectivity index (χ2n) is 5.44. The Labute approximate surface area is 138 Å². The summed E-state index contributed by atoms with van der Waals surface area (Å²) >= 11 is 0. The number of benzene rings is 2. The highest BCUT2D eigenvalue weighted by Gasteiger charge is 2.42. The van der Waals surface area contributed by atoms with Gasteiger partial charge in [0.15, 0.2) is 0 Å². The first-order valence-corrected chi connectivity index (χ1v) is 7.47. The fourth-order valence-electron chi connectivity index (χ4n) is 2.64. The third-order valence-corrected chi connectivity index (χ3v) is 3.85. The molecular weight excluding hydrogens is 308 g/mol. The summed E-state index contributed by atoms with van der Waals surface area (Å²) in [5.74, 6) is -1.83. The van der Waals surface area contributed by atoms with Gasteiger partial charge < -0.3 is 10.5 Å². The van der Waals surface area contributed by atoms with E-state index in [1.165, 1.54) is 0 Å². The number of nitrogens with zero attached hydrogens (tertiary/aromatic N) is 1. The lowest BCUT2D eigenvalue weighted by Crippen LogP contribution is -2.50. The molecule has 24 heavy (non-hydrogen) atoms. The van der Waals surface area contributed by atoms with Gasteiger partial charge in [-0.1, -0.05) is 42.5 Å². The Morgan fingerprint density at radius 2 is 1.50 bits per heavy atom. The molecule has 1 heterocycles. The molecule has 1 atom stereocenters. The van der Waals surface area contributed by atoms with E-state index in [0.717, 1.165) is 10.5 Å². The minimum atomic E-state index is -1.14.